The second kappa shape index (κ2) is 9.55. The minimum atomic E-state index is -0.221. The number of unbranched alkanes of at least 4 members (excludes halogenated alkanes) is 2. The normalized spacial score (nSPS) is 10.8. The van der Waals surface area contributed by atoms with Crippen LogP contribution in [0.4, 0.5) is 4.39 Å². The lowest BCUT2D eigenvalue weighted by atomic mass is 10.1. The SMILES string of the molecule is CCCCCN(Cc1ccc(C#CCO)cc1F)C(C)C. The molecule has 1 aromatic rings. The number of hydrogen-bond acceptors (Lipinski definition) is 2. The number of nitrogens with zero attached hydrogens (tertiary/aromatic N) is 1. The highest BCUT2D eigenvalue weighted by molar-refractivity contribution is 5.37. The second-order valence-corrected chi connectivity index (χ2v) is 5.54. The molecule has 0 aliphatic rings. The van der Waals surface area contributed by atoms with Gasteiger partial charge in [0.1, 0.15) is 12.4 Å². The molecule has 0 amide bonds. The lowest BCUT2D eigenvalue weighted by Crippen LogP contribution is -2.31. The zero-order chi connectivity index (χ0) is 15.7. The maximum Gasteiger partial charge on any atom is 0.128 e. The van der Waals surface area contributed by atoms with Crippen molar-refractivity contribution < 1.29 is 9.50 Å². The molecule has 0 aliphatic carbocycles. The van der Waals surface area contributed by atoms with E-state index in [2.05, 4.69) is 37.5 Å². The Balaban J connectivity index is 2.74. The van der Waals surface area contributed by atoms with E-state index in [-0.39, 0.29) is 12.4 Å². The van der Waals surface area contributed by atoms with Crippen molar-refractivity contribution in [1.82, 2.24) is 4.90 Å². The third kappa shape index (κ3) is 6.29. The number of rotatable bonds is 7. The fourth-order valence-corrected chi connectivity index (χ4v) is 2.20. The first-order valence-corrected chi connectivity index (χ1v) is 7.70. The topological polar surface area (TPSA) is 23.5 Å². The summed E-state index contributed by atoms with van der Waals surface area (Å²) in [5.74, 6) is 5.04. The van der Waals surface area contributed by atoms with Crippen LogP contribution in [0.15, 0.2) is 18.2 Å². The molecule has 0 radical (unpaired) electrons. The summed E-state index contributed by atoms with van der Waals surface area (Å²) < 4.78 is 14.1. The van der Waals surface area contributed by atoms with E-state index in [1.807, 2.05) is 6.07 Å². The van der Waals surface area contributed by atoms with Gasteiger partial charge in [0, 0.05) is 23.7 Å². The van der Waals surface area contributed by atoms with Gasteiger partial charge in [0.25, 0.3) is 0 Å². The standard InChI is InChI=1S/C18H26FNO/c1-4-5-6-11-20(15(2)3)14-17-10-9-16(8-7-12-21)13-18(17)19/h9-10,13,15,21H,4-6,11-12,14H2,1-3H3. The average molecular weight is 291 g/mol. The summed E-state index contributed by atoms with van der Waals surface area (Å²) in [5, 5.41) is 8.66. The molecule has 116 valence electrons. The Morgan fingerprint density at radius 3 is 2.62 bits per heavy atom. The monoisotopic (exact) mass is 291 g/mol. The fraction of sp³-hybridized carbons (Fsp3) is 0.556. The van der Waals surface area contributed by atoms with Crippen LogP contribution in [0.3, 0.4) is 0 Å². The van der Waals surface area contributed by atoms with Crippen LogP contribution in [0.1, 0.15) is 51.2 Å². The van der Waals surface area contributed by atoms with Crippen molar-refractivity contribution in [3.63, 3.8) is 0 Å². The van der Waals surface area contributed by atoms with Gasteiger partial charge in [-0.2, -0.15) is 0 Å². The smallest absolute Gasteiger partial charge is 0.128 e. The molecule has 21 heavy (non-hydrogen) atoms. The minimum absolute atomic E-state index is 0.206. The molecule has 0 aliphatic heterocycles. The Hall–Kier alpha value is -1.37. The van der Waals surface area contributed by atoms with Gasteiger partial charge in [-0.3, -0.25) is 4.90 Å². The first-order valence-electron chi connectivity index (χ1n) is 7.70. The lowest BCUT2D eigenvalue weighted by molar-refractivity contribution is 0.206. The number of hydrogen-bond donors (Lipinski definition) is 1. The van der Waals surface area contributed by atoms with E-state index in [0.717, 1.165) is 13.0 Å². The van der Waals surface area contributed by atoms with Gasteiger partial charge < -0.3 is 5.11 Å². The van der Waals surface area contributed by atoms with E-state index in [9.17, 15) is 4.39 Å². The molecule has 0 unspecified atom stereocenters. The summed E-state index contributed by atoms with van der Waals surface area (Å²) in [6, 6.07) is 5.45. The van der Waals surface area contributed by atoms with E-state index in [0.29, 0.717) is 23.7 Å². The Labute approximate surface area is 128 Å². The molecule has 3 heteroatoms. The Bertz CT molecular complexity index is 488. The average Bonchev–Trinajstić information content (AvgIpc) is 2.46. The summed E-state index contributed by atoms with van der Waals surface area (Å²) in [6.07, 6.45) is 3.55. The van der Waals surface area contributed by atoms with Crippen molar-refractivity contribution >= 4 is 0 Å². The zero-order valence-electron chi connectivity index (χ0n) is 13.3. The number of aliphatic hydroxyl groups excluding tert-OH is 1. The van der Waals surface area contributed by atoms with Gasteiger partial charge in [-0.15, -0.1) is 0 Å². The molecule has 0 saturated heterocycles. The largest absolute Gasteiger partial charge is 0.384 e. The van der Waals surface area contributed by atoms with Crippen molar-refractivity contribution in [2.45, 2.75) is 52.6 Å². The van der Waals surface area contributed by atoms with Crippen LogP contribution < -0.4 is 0 Å². The molecule has 0 fully saturated rings. The van der Waals surface area contributed by atoms with Crippen LogP contribution in [0.2, 0.25) is 0 Å². The highest BCUT2D eigenvalue weighted by atomic mass is 19.1. The number of halogens is 1. The fourth-order valence-electron chi connectivity index (χ4n) is 2.20. The Morgan fingerprint density at radius 2 is 2.05 bits per heavy atom. The highest BCUT2D eigenvalue weighted by Gasteiger charge is 2.12. The summed E-state index contributed by atoms with van der Waals surface area (Å²) >= 11 is 0. The molecule has 1 rings (SSSR count). The number of benzene rings is 1. The van der Waals surface area contributed by atoms with Crippen molar-refractivity contribution in [2.75, 3.05) is 13.2 Å². The summed E-state index contributed by atoms with van der Waals surface area (Å²) in [7, 11) is 0. The quantitative estimate of drug-likeness (QED) is 0.613. The Morgan fingerprint density at radius 1 is 1.29 bits per heavy atom. The molecular weight excluding hydrogens is 265 g/mol. The van der Waals surface area contributed by atoms with Crippen molar-refractivity contribution in [2.24, 2.45) is 0 Å². The van der Waals surface area contributed by atoms with Gasteiger partial charge in [0.05, 0.1) is 0 Å². The molecular formula is C18H26FNO. The second-order valence-electron chi connectivity index (χ2n) is 5.54. The minimum Gasteiger partial charge on any atom is -0.384 e. The predicted molar refractivity (Wildman–Crippen MR) is 85.4 cm³/mol. The number of aliphatic hydroxyl groups is 1. The molecule has 1 N–H and O–H groups in total. The van der Waals surface area contributed by atoms with Gasteiger partial charge in [-0.1, -0.05) is 37.7 Å². The van der Waals surface area contributed by atoms with Crippen LogP contribution >= 0.6 is 0 Å². The summed E-state index contributed by atoms with van der Waals surface area (Å²) in [6.45, 7) is 7.89. The van der Waals surface area contributed by atoms with Crippen LogP contribution in [-0.2, 0) is 6.54 Å². The van der Waals surface area contributed by atoms with Gasteiger partial charge in [0.2, 0.25) is 0 Å². The van der Waals surface area contributed by atoms with Crippen LogP contribution in [0.25, 0.3) is 0 Å². The van der Waals surface area contributed by atoms with Gasteiger partial charge >= 0.3 is 0 Å². The van der Waals surface area contributed by atoms with Crippen molar-refractivity contribution in [1.29, 1.82) is 0 Å². The molecule has 0 aromatic heterocycles. The van der Waals surface area contributed by atoms with Crippen molar-refractivity contribution in [3.8, 4) is 11.8 Å². The third-order valence-electron chi connectivity index (χ3n) is 3.52. The summed E-state index contributed by atoms with van der Waals surface area (Å²) in [5.41, 5.74) is 1.31. The third-order valence-corrected chi connectivity index (χ3v) is 3.52. The highest BCUT2D eigenvalue weighted by Crippen LogP contribution is 2.15. The van der Waals surface area contributed by atoms with E-state index in [4.69, 9.17) is 5.11 Å². The first kappa shape index (κ1) is 17.7. The van der Waals surface area contributed by atoms with Gasteiger partial charge in [-0.25, -0.2) is 4.39 Å². The first-order chi connectivity index (χ1) is 10.1. The Kier molecular flexibility index (Phi) is 8.04. The van der Waals surface area contributed by atoms with E-state index < -0.39 is 0 Å². The molecule has 0 bridgehead atoms. The maximum atomic E-state index is 14.1. The predicted octanol–water partition coefficient (Wildman–Crippen LogP) is 3.57. The van der Waals surface area contributed by atoms with E-state index >= 15 is 0 Å². The zero-order valence-corrected chi connectivity index (χ0v) is 13.3. The van der Waals surface area contributed by atoms with E-state index in [1.54, 1.807) is 6.07 Å². The van der Waals surface area contributed by atoms with Crippen LogP contribution in [-0.4, -0.2) is 29.2 Å². The van der Waals surface area contributed by atoms with Gasteiger partial charge in [0.15, 0.2) is 0 Å². The maximum absolute atomic E-state index is 14.1. The van der Waals surface area contributed by atoms with Crippen LogP contribution in [0.5, 0.6) is 0 Å². The molecule has 2 nitrogen and oxygen atoms in total. The lowest BCUT2D eigenvalue weighted by Gasteiger charge is -2.26. The molecule has 1 aromatic carbocycles. The summed E-state index contributed by atoms with van der Waals surface area (Å²) in [4.78, 5) is 2.30. The molecule has 0 heterocycles. The van der Waals surface area contributed by atoms with E-state index in [1.165, 1.54) is 18.9 Å². The molecule has 0 spiro atoms. The van der Waals surface area contributed by atoms with Gasteiger partial charge in [-0.05, 0) is 38.9 Å². The van der Waals surface area contributed by atoms with Crippen molar-refractivity contribution in [3.05, 3.63) is 35.1 Å². The molecule has 0 atom stereocenters. The van der Waals surface area contributed by atoms with Crippen LogP contribution in [0, 0.1) is 17.7 Å². The molecule has 0 saturated carbocycles.